The molecule has 0 bridgehead atoms. The van der Waals surface area contributed by atoms with Crippen molar-refractivity contribution < 1.29 is 43.7 Å². The highest BCUT2D eigenvalue weighted by molar-refractivity contribution is 5.84. The molecule has 8 atom stereocenters. The van der Waals surface area contributed by atoms with E-state index < -0.39 is 54.6 Å². The van der Waals surface area contributed by atoms with Crippen LogP contribution in [0.1, 0.15) is 53.6 Å². The van der Waals surface area contributed by atoms with Crippen LogP contribution in [-0.4, -0.2) is 112 Å². The van der Waals surface area contributed by atoms with Gasteiger partial charge in [-0.25, -0.2) is 29.9 Å². The number of benzene rings is 5. The number of fused-ring (bicyclic) bond motifs is 2. The number of nitrogens with two attached hydrogens (primary N) is 1. The number of anilines is 2. The highest BCUT2D eigenvalue weighted by atomic mass is 16.6. The summed E-state index contributed by atoms with van der Waals surface area (Å²) in [5.41, 5.74) is 12.1. The molecule has 5 aromatic carbocycles. The Morgan fingerprint density at radius 2 is 1.01 bits per heavy atom. The fourth-order valence-corrected chi connectivity index (χ4v) is 9.71. The van der Waals surface area contributed by atoms with Gasteiger partial charge in [0.2, 0.25) is 0 Å². The lowest BCUT2D eigenvalue weighted by molar-refractivity contribution is -0.0761. The molecule has 0 spiro atoms. The predicted octanol–water partition coefficient (Wildman–Crippen LogP) is 6.75. The van der Waals surface area contributed by atoms with Crippen molar-refractivity contribution in [3.05, 3.63) is 193 Å². The Bertz CT molecular complexity index is 3160. The Balaban J connectivity index is 0.000000195. The largest absolute Gasteiger partial charge is 0.497 e. The minimum atomic E-state index is -1.02. The van der Waals surface area contributed by atoms with E-state index in [2.05, 4.69) is 61.7 Å². The van der Waals surface area contributed by atoms with Crippen molar-refractivity contribution in [1.82, 2.24) is 39.0 Å². The van der Waals surface area contributed by atoms with Gasteiger partial charge in [0.1, 0.15) is 65.7 Å². The smallest absolute Gasteiger partial charge is 0.167 e. The second kappa shape index (κ2) is 22.7. The summed E-state index contributed by atoms with van der Waals surface area (Å²) in [5, 5.41) is 35.2. The van der Waals surface area contributed by atoms with Crippen molar-refractivity contribution >= 4 is 34.0 Å². The first kappa shape index (κ1) is 50.6. The van der Waals surface area contributed by atoms with Crippen LogP contribution in [0.2, 0.25) is 0 Å². The number of hydrogen-bond acceptors (Lipinski definition) is 17. The summed E-state index contributed by atoms with van der Waals surface area (Å²) in [6, 6.07) is 46.1. The number of nitrogens with zero attached hydrogens (tertiary/aromatic N) is 8. The average Bonchev–Trinajstić information content (AvgIpc) is 4.26. The molecule has 2 aliphatic rings. The molecule has 0 saturated carbocycles. The van der Waals surface area contributed by atoms with Gasteiger partial charge in [-0.05, 0) is 58.5 Å². The van der Waals surface area contributed by atoms with Gasteiger partial charge in [-0.3, -0.25) is 9.13 Å². The molecule has 0 radical (unpaired) electrons. The van der Waals surface area contributed by atoms with Crippen LogP contribution in [0.5, 0.6) is 11.5 Å². The molecule has 2 aliphatic heterocycles. The van der Waals surface area contributed by atoms with Crippen molar-refractivity contribution in [1.29, 1.82) is 0 Å². The van der Waals surface area contributed by atoms with E-state index in [1.165, 1.54) is 19.0 Å². The predicted molar refractivity (Wildman–Crippen MR) is 278 cm³/mol. The lowest BCUT2D eigenvalue weighted by Gasteiger charge is -2.37. The van der Waals surface area contributed by atoms with E-state index in [4.69, 9.17) is 44.1 Å². The second-order valence-electron chi connectivity index (χ2n) is 18.1. The molecule has 6 N–H and O–H groups in total. The van der Waals surface area contributed by atoms with E-state index in [0.29, 0.717) is 41.2 Å². The molecule has 19 nitrogen and oxygen atoms in total. The van der Waals surface area contributed by atoms with Crippen molar-refractivity contribution in [2.45, 2.75) is 81.2 Å². The van der Waals surface area contributed by atoms with E-state index >= 15 is 0 Å². The first-order chi connectivity index (χ1) is 36.7. The molecule has 4 aromatic heterocycles. The number of aliphatic hydroxyl groups is 3. The number of aromatic nitrogens is 8. The average molecular weight is 1020 g/mol. The van der Waals surface area contributed by atoms with Gasteiger partial charge in [-0.15, -0.1) is 0 Å². The van der Waals surface area contributed by atoms with E-state index in [1.54, 1.807) is 25.1 Å². The second-order valence-corrected chi connectivity index (χ2v) is 18.1. The van der Waals surface area contributed by atoms with Crippen molar-refractivity contribution in [3.63, 3.8) is 0 Å². The number of nitrogen functional groups attached to an aromatic ring is 1. The quantitative estimate of drug-likeness (QED) is 0.0593. The molecule has 6 heterocycles. The Kier molecular flexibility index (Phi) is 15.3. The van der Waals surface area contributed by atoms with Crippen LogP contribution in [0.15, 0.2) is 165 Å². The first-order valence-corrected chi connectivity index (χ1v) is 24.6. The van der Waals surface area contributed by atoms with Crippen molar-refractivity contribution in [2.24, 2.45) is 0 Å². The molecule has 0 amide bonds. The molecule has 2 fully saturated rings. The summed E-state index contributed by atoms with van der Waals surface area (Å²) < 4.78 is 38.5. The van der Waals surface area contributed by atoms with E-state index in [9.17, 15) is 15.3 Å². The van der Waals surface area contributed by atoms with Gasteiger partial charge in [0.25, 0.3) is 0 Å². The van der Waals surface area contributed by atoms with Crippen LogP contribution in [0.4, 0.5) is 11.6 Å². The van der Waals surface area contributed by atoms with Crippen LogP contribution in [-0.2, 0) is 37.7 Å². The number of rotatable bonds is 17. The zero-order valence-electron chi connectivity index (χ0n) is 41.5. The molecule has 75 heavy (non-hydrogen) atoms. The Labute approximate surface area is 432 Å². The van der Waals surface area contributed by atoms with Gasteiger partial charge in [0, 0.05) is 0 Å². The SMILES string of the molecule is CC[C@H]1O[C@@H](n2cnc3c(NC(c4ccccc4)(c4ccccc4)c4ccccc4)ncnc32)C(OCc2ccc(OC)cc2)[C@H]1O.COc1ccc(COC2[C@@H](O)[C@@H](CO)O[C@H]2n2cnc3c(N)ncnc32)cc1. The van der Waals surface area contributed by atoms with Crippen LogP contribution in [0, 0.1) is 0 Å². The van der Waals surface area contributed by atoms with Gasteiger partial charge in [-0.1, -0.05) is 122 Å². The van der Waals surface area contributed by atoms with Gasteiger partial charge in [0.15, 0.2) is 40.9 Å². The topological polar surface area (TPSA) is 241 Å². The summed E-state index contributed by atoms with van der Waals surface area (Å²) in [6.07, 6.45) is 0.873. The Morgan fingerprint density at radius 3 is 1.48 bits per heavy atom. The monoisotopic (exact) mass is 1010 g/mol. The summed E-state index contributed by atoms with van der Waals surface area (Å²) in [5.74, 6) is 2.32. The van der Waals surface area contributed by atoms with Crippen molar-refractivity contribution in [2.75, 3.05) is 31.9 Å². The summed E-state index contributed by atoms with van der Waals surface area (Å²) in [7, 11) is 3.24. The number of nitrogens with one attached hydrogen (secondary N) is 1. The molecular formula is C56H58N10O9. The maximum atomic E-state index is 11.3. The lowest BCUT2D eigenvalue weighted by Crippen LogP contribution is -2.38. The molecule has 11 rings (SSSR count). The first-order valence-electron chi connectivity index (χ1n) is 24.6. The zero-order valence-corrected chi connectivity index (χ0v) is 41.5. The van der Waals surface area contributed by atoms with Gasteiger partial charge < -0.3 is 54.8 Å². The van der Waals surface area contributed by atoms with E-state index in [0.717, 1.165) is 39.3 Å². The molecule has 0 aliphatic carbocycles. The molecule has 2 saturated heterocycles. The minimum absolute atomic E-state index is 0.244. The molecular weight excluding hydrogens is 957 g/mol. The van der Waals surface area contributed by atoms with Crippen LogP contribution in [0.25, 0.3) is 22.3 Å². The Morgan fingerprint density at radius 1 is 0.573 bits per heavy atom. The molecule has 2 unspecified atom stereocenters. The highest BCUT2D eigenvalue weighted by Crippen LogP contribution is 2.42. The molecule has 19 heteroatoms. The molecule has 386 valence electrons. The van der Waals surface area contributed by atoms with E-state index in [1.807, 2.05) is 115 Å². The summed E-state index contributed by atoms with van der Waals surface area (Å²) in [6.45, 7) is 2.19. The molecule has 9 aromatic rings. The summed E-state index contributed by atoms with van der Waals surface area (Å²) in [4.78, 5) is 26.6. The van der Waals surface area contributed by atoms with Crippen LogP contribution < -0.4 is 20.5 Å². The third-order valence-corrected chi connectivity index (χ3v) is 13.6. The van der Waals surface area contributed by atoms with Gasteiger partial charge in [-0.2, -0.15) is 0 Å². The highest BCUT2D eigenvalue weighted by Gasteiger charge is 2.47. The van der Waals surface area contributed by atoms with Gasteiger partial charge in [0.05, 0.1) is 52.8 Å². The number of methoxy groups -OCH3 is 2. The number of hydrogen-bond donors (Lipinski definition) is 5. The van der Waals surface area contributed by atoms with E-state index in [-0.39, 0.29) is 19.0 Å². The maximum absolute atomic E-state index is 11.3. The third kappa shape index (κ3) is 10.2. The number of imidazole rings is 2. The fraction of sp³-hybridized carbons (Fsp3) is 0.286. The number of ether oxygens (including phenoxy) is 6. The minimum Gasteiger partial charge on any atom is -0.497 e. The fourth-order valence-electron chi connectivity index (χ4n) is 9.71. The standard InChI is InChI=1S/C38H37N5O4.C18H21N5O5/c1-3-31-33(44)34(46-23-26-19-21-30(45-2)22-20-26)37(47-31)43-25-41-32-35(39-24-40-36(32)43)42-38(27-13-7-4-8-14-27,28-15-9-5-10-16-28)29-17-11-6-12-18-29;1-26-11-4-2-10(3-5-11)7-27-15-14(25)12(6-24)28-18(15)23-9-22-13-16(19)20-8-21-17(13)23/h4-22,24-25,31,33-34,37,44H,3,23H2,1-2H3,(H,39,40,42);2-5,8-9,12,14-15,18,24-25H,6-7H2,1H3,(H2,19,20,21)/t31-,33+,34?,37-;12-,14+,15?,18-/m11/s1. The normalized spacial score (nSPS) is 21.5. The zero-order chi connectivity index (χ0) is 51.9. The van der Waals surface area contributed by atoms with Crippen LogP contribution >= 0.6 is 0 Å². The number of aliphatic hydroxyl groups excluding tert-OH is 3. The van der Waals surface area contributed by atoms with Crippen LogP contribution in [0.3, 0.4) is 0 Å². The third-order valence-electron chi connectivity index (χ3n) is 13.6. The van der Waals surface area contributed by atoms with Crippen molar-refractivity contribution in [3.8, 4) is 11.5 Å². The Hall–Kier alpha value is -7.88. The van der Waals surface area contributed by atoms with Gasteiger partial charge >= 0.3 is 0 Å². The summed E-state index contributed by atoms with van der Waals surface area (Å²) >= 11 is 0. The maximum Gasteiger partial charge on any atom is 0.167 e. The lowest BCUT2D eigenvalue weighted by atomic mass is 9.77.